The minimum absolute atomic E-state index is 0.0968. The Morgan fingerprint density at radius 3 is 3.06 bits per heavy atom. The van der Waals surface area contributed by atoms with Crippen molar-refractivity contribution in [3.63, 3.8) is 0 Å². The minimum atomic E-state index is 0.0968. The van der Waals surface area contributed by atoms with Gasteiger partial charge in [0.1, 0.15) is 0 Å². The van der Waals surface area contributed by atoms with Gasteiger partial charge in [0.2, 0.25) is 5.91 Å². The molecule has 0 bridgehead atoms. The lowest BCUT2D eigenvalue weighted by Gasteiger charge is -2.10. The number of nitrogens with zero attached hydrogens (tertiary/aromatic N) is 1. The molecule has 1 saturated heterocycles. The van der Waals surface area contributed by atoms with Crippen LogP contribution in [-0.4, -0.2) is 35.9 Å². The molecule has 1 aliphatic heterocycles. The molecule has 0 aromatic carbocycles. The van der Waals surface area contributed by atoms with Gasteiger partial charge in [0, 0.05) is 24.8 Å². The quantitative estimate of drug-likeness (QED) is 0.856. The van der Waals surface area contributed by atoms with Gasteiger partial charge in [-0.2, -0.15) is 0 Å². The van der Waals surface area contributed by atoms with Crippen LogP contribution in [0.2, 0.25) is 0 Å². The Balaban J connectivity index is 1.63. The van der Waals surface area contributed by atoms with Gasteiger partial charge in [-0.05, 0) is 24.1 Å². The summed E-state index contributed by atoms with van der Waals surface area (Å²) in [5.74, 6) is 1.44. The van der Waals surface area contributed by atoms with E-state index < -0.39 is 0 Å². The van der Waals surface area contributed by atoms with E-state index in [1.807, 2.05) is 12.1 Å². The fourth-order valence-corrected chi connectivity index (χ4v) is 2.46. The maximum atomic E-state index is 11.6. The lowest BCUT2D eigenvalue weighted by atomic mass is 10.3. The van der Waals surface area contributed by atoms with Gasteiger partial charge in [0.15, 0.2) is 0 Å². The summed E-state index contributed by atoms with van der Waals surface area (Å²) in [6.45, 7) is 1.41. The number of pyridine rings is 1. The molecule has 0 unspecified atom stereocenters. The first-order valence-electron chi connectivity index (χ1n) is 5.68. The van der Waals surface area contributed by atoms with Crippen molar-refractivity contribution in [2.75, 3.05) is 19.0 Å². The average Bonchev–Trinajstić information content (AvgIpc) is 2.83. The molecule has 1 N–H and O–H groups in total. The number of nitrogens with one attached hydrogen (secondary N) is 1. The van der Waals surface area contributed by atoms with Gasteiger partial charge >= 0.3 is 0 Å². The van der Waals surface area contributed by atoms with E-state index >= 15 is 0 Å². The van der Waals surface area contributed by atoms with Crippen LogP contribution < -0.4 is 5.32 Å². The van der Waals surface area contributed by atoms with Crippen LogP contribution in [0.15, 0.2) is 24.5 Å². The van der Waals surface area contributed by atoms with Gasteiger partial charge < -0.3 is 10.1 Å². The van der Waals surface area contributed by atoms with Crippen molar-refractivity contribution in [1.29, 1.82) is 0 Å². The molecular formula is C12H16N2O2S. The highest BCUT2D eigenvalue weighted by Crippen LogP contribution is 2.11. The van der Waals surface area contributed by atoms with Gasteiger partial charge in [-0.1, -0.05) is 0 Å². The Morgan fingerprint density at radius 2 is 2.35 bits per heavy atom. The fraction of sp³-hybridized carbons (Fsp3) is 0.500. The number of aromatic nitrogens is 1. The third kappa shape index (κ3) is 4.36. The van der Waals surface area contributed by atoms with Crippen molar-refractivity contribution < 1.29 is 9.53 Å². The number of hydrogen-bond donors (Lipinski definition) is 1. The zero-order chi connectivity index (χ0) is 11.9. The van der Waals surface area contributed by atoms with Crippen molar-refractivity contribution in [3.05, 3.63) is 30.1 Å². The Bertz CT molecular complexity index is 353. The number of carbonyl (C=O) groups is 1. The first-order chi connectivity index (χ1) is 8.34. The molecule has 2 heterocycles. The fourth-order valence-electron chi connectivity index (χ4n) is 1.66. The van der Waals surface area contributed by atoms with E-state index in [2.05, 4.69) is 10.3 Å². The Morgan fingerprint density at radius 1 is 1.53 bits per heavy atom. The van der Waals surface area contributed by atoms with E-state index in [0.717, 1.165) is 18.8 Å². The molecule has 4 nitrogen and oxygen atoms in total. The largest absolute Gasteiger partial charge is 0.379 e. The van der Waals surface area contributed by atoms with E-state index in [1.165, 1.54) is 5.56 Å². The van der Waals surface area contributed by atoms with Crippen LogP contribution in [0.5, 0.6) is 0 Å². The molecule has 1 aliphatic rings. The number of carbonyl (C=O) groups excluding carboxylic acids is 1. The second kappa shape index (κ2) is 6.61. The molecule has 5 heteroatoms. The van der Waals surface area contributed by atoms with Crippen molar-refractivity contribution in [1.82, 2.24) is 10.3 Å². The monoisotopic (exact) mass is 252 g/mol. The molecule has 92 valence electrons. The summed E-state index contributed by atoms with van der Waals surface area (Å²) in [6.07, 6.45) is 4.47. The van der Waals surface area contributed by atoms with Crippen molar-refractivity contribution in [2.45, 2.75) is 18.2 Å². The summed E-state index contributed by atoms with van der Waals surface area (Å²) >= 11 is 1.62. The molecule has 0 saturated carbocycles. The maximum absolute atomic E-state index is 11.6. The van der Waals surface area contributed by atoms with Crippen LogP contribution in [-0.2, 0) is 15.3 Å². The van der Waals surface area contributed by atoms with Crippen molar-refractivity contribution >= 4 is 17.7 Å². The van der Waals surface area contributed by atoms with E-state index in [0.29, 0.717) is 12.4 Å². The SMILES string of the molecule is O=C(CSCc1ccncc1)N[C@H]1CCOC1. The van der Waals surface area contributed by atoms with Crippen LogP contribution in [0.4, 0.5) is 0 Å². The van der Waals surface area contributed by atoms with Crippen LogP contribution in [0.25, 0.3) is 0 Å². The van der Waals surface area contributed by atoms with Crippen LogP contribution in [0.3, 0.4) is 0 Å². The highest BCUT2D eigenvalue weighted by molar-refractivity contribution is 7.99. The topological polar surface area (TPSA) is 51.2 Å². The van der Waals surface area contributed by atoms with Crippen molar-refractivity contribution in [2.24, 2.45) is 0 Å². The lowest BCUT2D eigenvalue weighted by Crippen LogP contribution is -2.36. The summed E-state index contributed by atoms with van der Waals surface area (Å²) in [7, 11) is 0. The van der Waals surface area contributed by atoms with Gasteiger partial charge in [-0.25, -0.2) is 0 Å². The molecule has 0 spiro atoms. The normalized spacial score (nSPS) is 19.2. The van der Waals surface area contributed by atoms with Crippen LogP contribution >= 0.6 is 11.8 Å². The lowest BCUT2D eigenvalue weighted by molar-refractivity contribution is -0.119. The number of ether oxygens (including phenoxy) is 1. The highest BCUT2D eigenvalue weighted by Gasteiger charge is 2.17. The summed E-state index contributed by atoms with van der Waals surface area (Å²) in [6, 6.07) is 4.15. The Labute approximate surface area is 105 Å². The van der Waals surface area contributed by atoms with Gasteiger partial charge in [0.25, 0.3) is 0 Å². The molecule has 0 aliphatic carbocycles. The Kier molecular flexibility index (Phi) is 4.82. The zero-order valence-electron chi connectivity index (χ0n) is 9.59. The van der Waals surface area contributed by atoms with Gasteiger partial charge in [-0.3, -0.25) is 9.78 Å². The molecule has 1 aromatic heterocycles. The van der Waals surface area contributed by atoms with E-state index in [-0.39, 0.29) is 11.9 Å². The van der Waals surface area contributed by atoms with Gasteiger partial charge in [0.05, 0.1) is 18.4 Å². The summed E-state index contributed by atoms with van der Waals surface area (Å²) in [5.41, 5.74) is 1.20. The smallest absolute Gasteiger partial charge is 0.230 e. The molecule has 1 atom stereocenters. The summed E-state index contributed by atoms with van der Waals surface area (Å²) < 4.78 is 5.20. The molecule has 1 fully saturated rings. The van der Waals surface area contributed by atoms with Gasteiger partial charge in [-0.15, -0.1) is 11.8 Å². The molecule has 17 heavy (non-hydrogen) atoms. The predicted octanol–water partition coefficient (Wildman–Crippen LogP) is 1.22. The number of rotatable bonds is 5. The van der Waals surface area contributed by atoms with Crippen LogP contribution in [0.1, 0.15) is 12.0 Å². The number of hydrogen-bond acceptors (Lipinski definition) is 4. The molecule has 0 radical (unpaired) electrons. The second-order valence-electron chi connectivity index (χ2n) is 3.98. The zero-order valence-corrected chi connectivity index (χ0v) is 10.4. The van der Waals surface area contributed by atoms with E-state index in [4.69, 9.17) is 4.74 Å². The summed E-state index contributed by atoms with van der Waals surface area (Å²) in [5, 5.41) is 2.97. The van der Waals surface area contributed by atoms with E-state index in [1.54, 1.807) is 24.2 Å². The van der Waals surface area contributed by atoms with Crippen LogP contribution in [0, 0.1) is 0 Å². The first kappa shape index (κ1) is 12.4. The molecular weight excluding hydrogens is 236 g/mol. The molecule has 1 amide bonds. The number of thioether (sulfide) groups is 1. The predicted molar refractivity (Wildman–Crippen MR) is 67.8 cm³/mol. The molecule has 2 rings (SSSR count). The Hall–Kier alpha value is -1.07. The average molecular weight is 252 g/mol. The second-order valence-corrected chi connectivity index (χ2v) is 4.96. The standard InChI is InChI=1S/C12H16N2O2S/c15-12(14-11-3-6-16-7-11)9-17-8-10-1-4-13-5-2-10/h1-2,4-5,11H,3,6-9H2,(H,14,15)/t11-/m0/s1. The highest BCUT2D eigenvalue weighted by atomic mass is 32.2. The first-order valence-corrected chi connectivity index (χ1v) is 6.84. The summed E-state index contributed by atoms with van der Waals surface area (Å²) in [4.78, 5) is 15.5. The minimum Gasteiger partial charge on any atom is -0.379 e. The molecule has 1 aromatic rings. The maximum Gasteiger partial charge on any atom is 0.230 e. The van der Waals surface area contributed by atoms with E-state index in [9.17, 15) is 4.79 Å². The third-order valence-corrected chi connectivity index (χ3v) is 3.55. The number of amides is 1. The van der Waals surface area contributed by atoms with Crippen molar-refractivity contribution in [3.8, 4) is 0 Å². The third-order valence-electron chi connectivity index (χ3n) is 2.55.